The van der Waals surface area contributed by atoms with Crippen molar-refractivity contribution in [2.24, 2.45) is 33.7 Å². The van der Waals surface area contributed by atoms with Crippen LogP contribution < -0.4 is 0 Å². The van der Waals surface area contributed by atoms with E-state index in [0.717, 1.165) is 43.4 Å². The predicted octanol–water partition coefficient (Wildman–Crippen LogP) is 5.88. The molecule has 0 aromatic rings. The Bertz CT molecular complexity index is 1160. The van der Waals surface area contributed by atoms with E-state index in [1.54, 1.807) is 7.11 Å². The van der Waals surface area contributed by atoms with Crippen molar-refractivity contribution in [3.8, 4) is 0 Å². The van der Waals surface area contributed by atoms with E-state index in [2.05, 4.69) is 32.0 Å². The van der Waals surface area contributed by atoms with Crippen LogP contribution in [0.5, 0.6) is 0 Å². The zero-order valence-corrected chi connectivity index (χ0v) is 27.6. The third-order valence-electron chi connectivity index (χ3n) is 12.4. The molecular formula is C34H55NO7. The van der Waals surface area contributed by atoms with Gasteiger partial charge in [0.1, 0.15) is 7.11 Å². The van der Waals surface area contributed by atoms with Crippen LogP contribution in [0.1, 0.15) is 114 Å². The monoisotopic (exact) mass is 589 g/mol. The van der Waals surface area contributed by atoms with Crippen molar-refractivity contribution in [3.63, 3.8) is 0 Å². The van der Waals surface area contributed by atoms with Gasteiger partial charge in [0.05, 0.1) is 40.8 Å². The van der Waals surface area contributed by atoms with E-state index in [0.29, 0.717) is 19.3 Å². The first-order valence-electron chi connectivity index (χ1n) is 16.3. The molecule has 5 fully saturated rings. The largest absolute Gasteiger partial charge is 0.399 e. The number of allylic oxidation sites excluding steroid dienone is 1. The highest BCUT2D eigenvalue weighted by Crippen LogP contribution is 2.70. The van der Waals surface area contributed by atoms with E-state index in [9.17, 15) is 10.2 Å². The molecular weight excluding hydrogens is 534 g/mol. The second-order valence-electron chi connectivity index (χ2n) is 16.6. The molecule has 0 bridgehead atoms. The van der Waals surface area contributed by atoms with Crippen molar-refractivity contribution in [2.75, 3.05) is 7.11 Å². The number of aliphatic hydroxyl groups is 2. The highest BCUT2D eigenvalue weighted by Gasteiger charge is 2.71. The van der Waals surface area contributed by atoms with E-state index < -0.39 is 33.8 Å². The molecule has 2 aliphatic heterocycles. The van der Waals surface area contributed by atoms with E-state index in [4.69, 9.17) is 23.8 Å². The maximum Gasteiger partial charge on any atom is 0.164 e. The normalized spacial score (nSPS) is 50.1. The molecule has 2 saturated heterocycles. The average molecular weight is 590 g/mol. The summed E-state index contributed by atoms with van der Waals surface area (Å²) in [5.41, 5.74) is -0.885. The molecule has 8 nitrogen and oxygen atoms in total. The first-order chi connectivity index (χ1) is 19.3. The number of hydrogen-bond donors (Lipinski definition) is 2. The fraction of sp³-hybridized carbons (Fsp3) is 0.912. The van der Waals surface area contributed by atoms with Crippen LogP contribution in [0, 0.1) is 28.6 Å². The van der Waals surface area contributed by atoms with Gasteiger partial charge in [-0.1, -0.05) is 19.0 Å². The molecule has 2 heterocycles. The lowest BCUT2D eigenvalue weighted by Crippen LogP contribution is -2.62. The molecule has 238 valence electrons. The van der Waals surface area contributed by atoms with Gasteiger partial charge in [0.15, 0.2) is 11.6 Å². The zero-order valence-electron chi connectivity index (χ0n) is 27.6. The van der Waals surface area contributed by atoms with Gasteiger partial charge in [0, 0.05) is 11.3 Å². The van der Waals surface area contributed by atoms with Gasteiger partial charge in [-0.25, -0.2) is 0 Å². The summed E-state index contributed by atoms with van der Waals surface area (Å²) in [7, 11) is 1.61. The summed E-state index contributed by atoms with van der Waals surface area (Å²) in [4.78, 5) is 5.42. The summed E-state index contributed by atoms with van der Waals surface area (Å²) in [6, 6.07) is 0. The third kappa shape index (κ3) is 4.56. The quantitative estimate of drug-likeness (QED) is 0.386. The van der Waals surface area contributed by atoms with Crippen LogP contribution in [0.15, 0.2) is 16.8 Å². The summed E-state index contributed by atoms with van der Waals surface area (Å²) >= 11 is 0. The molecule has 0 amide bonds. The molecule has 2 N–H and O–H groups in total. The lowest BCUT2D eigenvalue weighted by Gasteiger charge is -2.61. The van der Waals surface area contributed by atoms with E-state index >= 15 is 0 Å². The number of oxime groups is 1. The molecule has 0 unspecified atom stereocenters. The van der Waals surface area contributed by atoms with Crippen molar-refractivity contribution in [1.29, 1.82) is 0 Å². The lowest BCUT2D eigenvalue weighted by atomic mass is 9.45. The minimum absolute atomic E-state index is 0.0328. The molecule has 10 atom stereocenters. The summed E-state index contributed by atoms with van der Waals surface area (Å²) in [6.45, 7) is 18.5. The standard InChI is InChI=1S/C34H55NO7/c1-28(2,36)14-13-27-33(9,42-30(5,6)41-27)26-12-16-34(37)21-17-23(35-38-10)22-18-24-25(40-29(3,4)39-24)19-31(22,7)20(21)11-15-32(26,34)8/h17,20,22,24-27,36-37H,11-16,18-19H2,1-10H3/b35-23+/t20-,22-,24+,25-,26-,27+,31+,32+,33+,34+/m0/s1. The molecule has 0 spiro atoms. The second-order valence-corrected chi connectivity index (χ2v) is 16.6. The van der Waals surface area contributed by atoms with E-state index in [1.165, 1.54) is 0 Å². The number of rotatable bonds is 5. The summed E-state index contributed by atoms with van der Waals surface area (Å²) in [5, 5.41) is 28.1. The molecule has 6 rings (SSSR count). The Hall–Kier alpha value is -1.03. The number of fused-ring (bicyclic) bond motifs is 6. The predicted molar refractivity (Wildman–Crippen MR) is 160 cm³/mol. The van der Waals surface area contributed by atoms with Gasteiger partial charge in [-0.3, -0.25) is 0 Å². The van der Waals surface area contributed by atoms with Crippen molar-refractivity contribution in [1.82, 2.24) is 0 Å². The number of nitrogens with zero attached hydrogens (tertiary/aromatic N) is 1. The van der Waals surface area contributed by atoms with Gasteiger partial charge in [-0.2, -0.15) is 0 Å². The first kappa shape index (κ1) is 31.0. The van der Waals surface area contributed by atoms with Crippen molar-refractivity contribution >= 4 is 5.71 Å². The average Bonchev–Trinajstić information content (AvgIpc) is 3.39. The summed E-state index contributed by atoms with van der Waals surface area (Å²) < 4.78 is 26.1. The zero-order chi connectivity index (χ0) is 30.7. The van der Waals surface area contributed by atoms with Gasteiger partial charge >= 0.3 is 0 Å². The highest BCUT2D eigenvalue weighted by molar-refractivity contribution is 5.99. The fourth-order valence-electron chi connectivity index (χ4n) is 10.7. The van der Waals surface area contributed by atoms with Crippen LogP contribution in [-0.4, -0.2) is 69.7 Å². The Morgan fingerprint density at radius 1 is 0.952 bits per heavy atom. The first-order valence-corrected chi connectivity index (χ1v) is 16.3. The van der Waals surface area contributed by atoms with Crippen LogP contribution in [0.4, 0.5) is 0 Å². The smallest absolute Gasteiger partial charge is 0.164 e. The van der Waals surface area contributed by atoms with Crippen LogP contribution in [-0.2, 0) is 23.8 Å². The van der Waals surface area contributed by atoms with Gasteiger partial charge < -0.3 is 34.0 Å². The van der Waals surface area contributed by atoms with E-state index in [1.807, 2.05) is 41.5 Å². The minimum Gasteiger partial charge on any atom is -0.399 e. The number of ether oxygens (including phenoxy) is 4. The van der Waals surface area contributed by atoms with Gasteiger partial charge in [0.2, 0.25) is 0 Å². The van der Waals surface area contributed by atoms with Crippen LogP contribution in [0.3, 0.4) is 0 Å². The van der Waals surface area contributed by atoms with Crippen LogP contribution >= 0.6 is 0 Å². The Kier molecular flexibility index (Phi) is 7.00. The SMILES string of the molecule is CO/N=C1\C=C2[C@H](CC[C@]3(C)[C@@H]([C@@]4(C)OC(C)(C)O[C@@H]4CCC(C)(C)O)CC[C@@]23O)[C@@]2(C)C[C@@H]3OC(C)(C)O[C@@H]3C[C@@H]12. The maximum absolute atomic E-state index is 13.0. The van der Waals surface area contributed by atoms with Crippen LogP contribution in [0.2, 0.25) is 0 Å². The van der Waals surface area contributed by atoms with Gasteiger partial charge in [0.25, 0.3) is 0 Å². The third-order valence-corrected chi connectivity index (χ3v) is 12.4. The Morgan fingerprint density at radius 2 is 1.64 bits per heavy atom. The minimum atomic E-state index is -0.994. The highest BCUT2D eigenvalue weighted by atomic mass is 16.8. The van der Waals surface area contributed by atoms with Crippen molar-refractivity contribution in [2.45, 2.75) is 160 Å². The molecule has 0 aromatic heterocycles. The molecule has 0 radical (unpaired) electrons. The Morgan fingerprint density at radius 3 is 2.31 bits per heavy atom. The lowest BCUT2D eigenvalue weighted by molar-refractivity contribution is -0.189. The fourth-order valence-corrected chi connectivity index (χ4v) is 10.7. The van der Waals surface area contributed by atoms with Crippen molar-refractivity contribution in [3.05, 3.63) is 11.6 Å². The molecule has 42 heavy (non-hydrogen) atoms. The van der Waals surface area contributed by atoms with Crippen molar-refractivity contribution < 1.29 is 34.0 Å². The Balaban J connectivity index is 1.37. The molecule has 3 saturated carbocycles. The summed E-state index contributed by atoms with van der Waals surface area (Å²) in [5.74, 6) is -0.844. The Labute approximate surface area is 252 Å². The maximum atomic E-state index is 13.0. The second kappa shape index (κ2) is 9.49. The molecule has 6 aliphatic rings. The van der Waals surface area contributed by atoms with Gasteiger partial charge in [-0.05, 0) is 129 Å². The van der Waals surface area contributed by atoms with Gasteiger partial charge in [-0.15, -0.1) is 0 Å². The molecule has 0 aromatic carbocycles. The number of hydrogen-bond acceptors (Lipinski definition) is 8. The van der Waals surface area contributed by atoms with Crippen LogP contribution in [0.25, 0.3) is 0 Å². The molecule has 8 heteroatoms. The summed E-state index contributed by atoms with van der Waals surface area (Å²) in [6.07, 6.45) is 8.53. The van der Waals surface area contributed by atoms with E-state index in [-0.39, 0.29) is 41.5 Å². The molecule has 4 aliphatic carbocycles. The topological polar surface area (TPSA) is 99.0 Å².